The number of halogens is 1. The first kappa shape index (κ1) is 15.3. The number of hydrogen-bond acceptors (Lipinski definition) is 4. The lowest BCUT2D eigenvalue weighted by Crippen LogP contribution is -2.41. The van der Waals surface area contributed by atoms with Crippen molar-refractivity contribution in [2.24, 2.45) is 0 Å². The van der Waals surface area contributed by atoms with Crippen LogP contribution < -0.4 is 10.1 Å². The molecule has 0 saturated carbocycles. The second-order valence-corrected chi connectivity index (χ2v) is 4.22. The molecular formula is C13H16ClNO4. The largest absolute Gasteiger partial charge is 0.484 e. The number of esters is 1. The molecule has 0 saturated heterocycles. The maximum atomic E-state index is 11.5. The Balaban J connectivity index is 2.37. The molecule has 1 amide bonds. The number of nitrogens with one attached hydrogen (secondary N) is 1. The van der Waals surface area contributed by atoms with Gasteiger partial charge in [0.15, 0.2) is 6.61 Å². The number of ether oxygens (including phenoxy) is 2. The molecule has 104 valence electrons. The second kappa shape index (κ2) is 7.63. The fourth-order valence-corrected chi connectivity index (χ4v) is 1.50. The number of rotatable bonds is 6. The van der Waals surface area contributed by atoms with E-state index in [9.17, 15) is 9.59 Å². The van der Waals surface area contributed by atoms with Gasteiger partial charge in [0.05, 0.1) is 6.61 Å². The van der Waals surface area contributed by atoms with Crippen molar-refractivity contribution in [1.29, 1.82) is 0 Å². The first-order chi connectivity index (χ1) is 9.02. The molecule has 1 unspecified atom stereocenters. The van der Waals surface area contributed by atoms with Crippen LogP contribution in [-0.2, 0) is 14.3 Å². The van der Waals surface area contributed by atoms with E-state index in [1.54, 1.807) is 38.1 Å². The van der Waals surface area contributed by atoms with Gasteiger partial charge in [-0.2, -0.15) is 0 Å². The Labute approximate surface area is 116 Å². The Morgan fingerprint density at radius 3 is 2.79 bits per heavy atom. The van der Waals surface area contributed by atoms with Gasteiger partial charge >= 0.3 is 5.97 Å². The zero-order chi connectivity index (χ0) is 14.3. The summed E-state index contributed by atoms with van der Waals surface area (Å²) in [7, 11) is 0. The van der Waals surface area contributed by atoms with Crippen LogP contribution in [0, 0.1) is 0 Å². The Bertz CT molecular complexity index is 450. The van der Waals surface area contributed by atoms with Gasteiger partial charge in [0.25, 0.3) is 5.91 Å². The summed E-state index contributed by atoms with van der Waals surface area (Å²) < 4.78 is 10.0. The van der Waals surface area contributed by atoms with Crippen molar-refractivity contribution in [2.45, 2.75) is 19.9 Å². The Morgan fingerprint density at radius 1 is 1.42 bits per heavy atom. The normalized spacial score (nSPS) is 11.5. The highest BCUT2D eigenvalue weighted by atomic mass is 35.5. The van der Waals surface area contributed by atoms with Crippen LogP contribution in [0.5, 0.6) is 5.75 Å². The Hall–Kier alpha value is -1.75. The summed E-state index contributed by atoms with van der Waals surface area (Å²) in [4.78, 5) is 22.8. The summed E-state index contributed by atoms with van der Waals surface area (Å²) in [5.41, 5.74) is 0. The third kappa shape index (κ3) is 5.61. The average molecular weight is 286 g/mol. The van der Waals surface area contributed by atoms with Crippen LogP contribution in [0.3, 0.4) is 0 Å². The van der Waals surface area contributed by atoms with E-state index in [2.05, 4.69) is 5.32 Å². The van der Waals surface area contributed by atoms with Crippen LogP contribution in [0.25, 0.3) is 0 Å². The van der Waals surface area contributed by atoms with E-state index in [4.69, 9.17) is 21.1 Å². The summed E-state index contributed by atoms with van der Waals surface area (Å²) in [5, 5.41) is 3.00. The molecule has 0 aliphatic carbocycles. The quantitative estimate of drug-likeness (QED) is 0.809. The van der Waals surface area contributed by atoms with E-state index in [0.29, 0.717) is 10.8 Å². The molecule has 0 fully saturated rings. The molecule has 1 N–H and O–H groups in total. The second-order valence-electron chi connectivity index (χ2n) is 3.79. The summed E-state index contributed by atoms with van der Waals surface area (Å²) >= 11 is 5.78. The first-order valence-corrected chi connectivity index (χ1v) is 6.25. The minimum absolute atomic E-state index is 0.190. The lowest BCUT2D eigenvalue weighted by molar-refractivity contribution is -0.147. The van der Waals surface area contributed by atoms with Crippen molar-refractivity contribution in [2.75, 3.05) is 13.2 Å². The van der Waals surface area contributed by atoms with Gasteiger partial charge in [-0.3, -0.25) is 4.79 Å². The molecule has 0 aromatic heterocycles. The number of carbonyl (C=O) groups is 2. The molecule has 0 spiro atoms. The van der Waals surface area contributed by atoms with Gasteiger partial charge in [0.1, 0.15) is 11.8 Å². The summed E-state index contributed by atoms with van der Waals surface area (Å²) in [6.45, 7) is 3.34. The zero-order valence-electron chi connectivity index (χ0n) is 10.8. The first-order valence-electron chi connectivity index (χ1n) is 5.87. The van der Waals surface area contributed by atoms with Crippen molar-refractivity contribution in [1.82, 2.24) is 5.32 Å². The predicted octanol–water partition coefficient (Wildman–Crippen LogP) is 1.79. The number of benzene rings is 1. The molecule has 0 aliphatic rings. The number of carbonyl (C=O) groups excluding carboxylic acids is 2. The highest BCUT2D eigenvalue weighted by Gasteiger charge is 2.16. The fraction of sp³-hybridized carbons (Fsp3) is 0.385. The van der Waals surface area contributed by atoms with Gasteiger partial charge in [0.2, 0.25) is 0 Å². The molecule has 1 rings (SSSR count). The van der Waals surface area contributed by atoms with E-state index in [1.165, 1.54) is 0 Å². The monoisotopic (exact) mass is 285 g/mol. The van der Waals surface area contributed by atoms with E-state index in [-0.39, 0.29) is 13.2 Å². The smallest absolute Gasteiger partial charge is 0.328 e. The summed E-state index contributed by atoms with van der Waals surface area (Å²) in [5.74, 6) is -0.384. The SMILES string of the molecule is CCOC(=O)C(C)NC(=O)COc1cccc(Cl)c1. The summed E-state index contributed by atoms with van der Waals surface area (Å²) in [6.07, 6.45) is 0. The maximum Gasteiger partial charge on any atom is 0.328 e. The standard InChI is InChI=1S/C13H16ClNO4/c1-3-18-13(17)9(2)15-12(16)8-19-11-6-4-5-10(14)7-11/h4-7,9H,3,8H2,1-2H3,(H,15,16). The van der Waals surface area contributed by atoms with Gasteiger partial charge < -0.3 is 14.8 Å². The predicted molar refractivity (Wildman–Crippen MR) is 71.2 cm³/mol. The van der Waals surface area contributed by atoms with E-state index in [1.807, 2.05) is 0 Å². The van der Waals surface area contributed by atoms with E-state index < -0.39 is 17.9 Å². The fourth-order valence-electron chi connectivity index (χ4n) is 1.31. The topological polar surface area (TPSA) is 64.6 Å². The third-order valence-electron chi connectivity index (χ3n) is 2.18. The van der Waals surface area contributed by atoms with E-state index in [0.717, 1.165) is 0 Å². The van der Waals surface area contributed by atoms with Crippen LogP contribution in [0.4, 0.5) is 0 Å². The minimum Gasteiger partial charge on any atom is -0.484 e. The van der Waals surface area contributed by atoms with Crippen molar-refractivity contribution >= 4 is 23.5 Å². The summed E-state index contributed by atoms with van der Waals surface area (Å²) in [6, 6.07) is 6.02. The van der Waals surface area contributed by atoms with Crippen LogP contribution in [0.1, 0.15) is 13.8 Å². The molecule has 0 radical (unpaired) electrons. The highest BCUT2D eigenvalue weighted by molar-refractivity contribution is 6.30. The van der Waals surface area contributed by atoms with Gasteiger partial charge in [-0.25, -0.2) is 4.79 Å². The van der Waals surface area contributed by atoms with Crippen LogP contribution >= 0.6 is 11.6 Å². The van der Waals surface area contributed by atoms with Gasteiger partial charge in [0, 0.05) is 5.02 Å². The van der Waals surface area contributed by atoms with Crippen molar-refractivity contribution in [3.05, 3.63) is 29.3 Å². The van der Waals surface area contributed by atoms with Crippen LogP contribution in [0.2, 0.25) is 5.02 Å². The molecule has 1 aromatic carbocycles. The van der Waals surface area contributed by atoms with Crippen molar-refractivity contribution in [3.8, 4) is 5.75 Å². The van der Waals surface area contributed by atoms with Crippen molar-refractivity contribution in [3.63, 3.8) is 0 Å². The minimum atomic E-state index is -0.699. The molecule has 1 atom stereocenters. The molecule has 5 nitrogen and oxygen atoms in total. The van der Waals surface area contributed by atoms with Gasteiger partial charge in [-0.15, -0.1) is 0 Å². The number of hydrogen-bond donors (Lipinski definition) is 1. The molecular weight excluding hydrogens is 270 g/mol. The molecule has 6 heteroatoms. The van der Waals surface area contributed by atoms with Crippen LogP contribution in [0.15, 0.2) is 24.3 Å². The third-order valence-corrected chi connectivity index (χ3v) is 2.42. The van der Waals surface area contributed by atoms with Gasteiger partial charge in [-0.1, -0.05) is 17.7 Å². The zero-order valence-corrected chi connectivity index (χ0v) is 11.6. The van der Waals surface area contributed by atoms with E-state index >= 15 is 0 Å². The number of amides is 1. The Morgan fingerprint density at radius 2 is 2.16 bits per heavy atom. The maximum absolute atomic E-state index is 11.5. The molecule has 0 aliphatic heterocycles. The van der Waals surface area contributed by atoms with Crippen LogP contribution in [-0.4, -0.2) is 31.1 Å². The van der Waals surface area contributed by atoms with Gasteiger partial charge in [-0.05, 0) is 32.0 Å². The highest BCUT2D eigenvalue weighted by Crippen LogP contribution is 2.16. The Kier molecular flexibility index (Phi) is 6.15. The molecule has 1 aromatic rings. The molecule has 19 heavy (non-hydrogen) atoms. The van der Waals surface area contributed by atoms with Crippen molar-refractivity contribution < 1.29 is 19.1 Å². The molecule has 0 bridgehead atoms. The molecule has 0 heterocycles. The lowest BCUT2D eigenvalue weighted by Gasteiger charge is -2.13. The lowest BCUT2D eigenvalue weighted by atomic mass is 10.3. The average Bonchev–Trinajstić information content (AvgIpc) is 2.36.